The minimum Gasteiger partial charge on any atom is -0.334 e. The average Bonchev–Trinajstić information content (AvgIpc) is 2.88. The van der Waals surface area contributed by atoms with Gasteiger partial charge in [0.15, 0.2) is 0 Å². The summed E-state index contributed by atoms with van der Waals surface area (Å²) in [4.78, 5) is 17.5. The first-order valence-electron chi connectivity index (χ1n) is 12.4. The van der Waals surface area contributed by atoms with Crippen molar-refractivity contribution in [2.24, 2.45) is 0 Å². The number of amides is 2. The summed E-state index contributed by atoms with van der Waals surface area (Å²) in [6.45, 7) is 0.439. The molecule has 0 spiro atoms. The predicted octanol–water partition coefficient (Wildman–Crippen LogP) is 5.48. The predicted molar refractivity (Wildman–Crippen MR) is 135 cm³/mol. The van der Waals surface area contributed by atoms with Crippen molar-refractivity contribution in [1.29, 1.82) is 0 Å². The van der Waals surface area contributed by atoms with Crippen molar-refractivity contribution in [3.05, 3.63) is 102 Å². The van der Waals surface area contributed by atoms with Gasteiger partial charge in [-0.05, 0) is 61.3 Å². The maximum Gasteiger partial charge on any atom is 0.332 e. The van der Waals surface area contributed by atoms with E-state index in [1.54, 1.807) is 23.3 Å². The molecule has 33 heavy (non-hydrogen) atoms. The SMILES string of the molecule is [2H]CN(C)N(Cc1ccccc1)C(=O)NC(CCCc1ccccc1)CCCc1cccnc1. The summed E-state index contributed by atoms with van der Waals surface area (Å²) in [6, 6.07) is 24.4. The minimum absolute atomic E-state index is 0.0138. The third kappa shape index (κ3) is 8.70. The highest BCUT2D eigenvalue weighted by Crippen LogP contribution is 2.14. The molecular formula is C28H36N4O. The number of aromatic nitrogens is 1. The summed E-state index contributed by atoms with van der Waals surface area (Å²) in [5.41, 5.74) is 3.58. The van der Waals surface area contributed by atoms with Gasteiger partial charge in [0.25, 0.3) is 0 Å². The van der Waals surface area contributed by atoms with E-state index in [4.69, 9.17) is 1.37 Å². The van der Waals surface area contributed by atoms with E-state index in [1.165, 1.54) is 11.1 Å². The van der Waals surface area contributed by atoms with Gasteiger partial charge in [0.05, 0.1) is 6.54 Å². The van der Waals surface area contributed by atoms with E-state index < -0.39 is 0 Å². The molecule has 1 atom stereocenters. The largest absolute Gasteiger partial charge is 0.334 e. The molecule has 5 heteroatoms. The molecule has 3 aromatic rings. The number of aryl methyl sites for hydroxylation is 2. The fraction of sp³-hybridized carbons (Fsp3) is 0.357. The highest BCUT2D eigenvalue weighted by Gasteiger charge is 2.20. The second kappa shape index (κ2) is 13.4. The Bertz CT molecular complexity index is 910. The molecule has 1 heterocycles. The molecule has 0 aliphatic heterocycles. The number of carbonyl (C=O) groups excluding carboxylic acids is 1. The van der Waals surface area contributed by atoms with Crippen molar-refractivity contribution < 1.29 is 6.17 Å². The van der Waals surface area contributed by atoms with Gasteiger partial charge in [-0.15, -0.1) is 0 Å². The van der Waals surface area contributed by atoms with E-state index in [0.717, 1.165) is 44.1 Å². The fourth-order valence-corrected chi connectivity index (χ4v) is 3.94. The van der Waals surface area contributed by atoms with Gasteiger partial charge >= 0.3 is 6.03 Å². The van der Waals surface area contributed by atoms with Gasteiger partial charge in [-0.2, -0.15) is 0 Å². The van der Waals surface area contributed by atoms with Crippen LogP contribution in [0.3, 0.4) is 0 Å². The van der Waals surface area contributed by atoms with Crippen LogP contribution in [0.15, 0.2) is 85.2 Å². The average molecular weight is 446 g/mol. The Hall–Kier alpha value is -3.18. The number of hydrogen-bond acceptors (Lipinski definition) is 3. The van der Waals surface area contributed by atoms with Gasteiger partial charge in [0.1, 0.15) is 0 Å². The van der Waals surface area contributed by atoms with E-state index >= 15 is 0 Å². The van der Waals surface area contributed by atoms with Crippen LogP contribution in [0.4, 0.5) is 4.79 Å². The van der Waals surface area contributed by atoms with Crippen LogP contribution in [0.5, 0.6) is 0 Å². The molecule has 3 rings (SSSR count). The number of nitrogens with one attached hydrogen (secondary N) is 1. The first kappa shape index (κ1) is 23.0. The number of carbonyl (C=O) groups is 1. The zero-order valence-corrected chi connectivity index (χ0v) is 19.6. The molecular weight excluding hydrogens is 408 g/mol. The van der Waals surface area contributed by atoms with Crippen molar-refractivity contribution in [3.8, 4) is 0 Å². The lowest BCUT2D eigenvalue weighted by Gasteiger charge is -2.31. The summed E-state index contributed by atoms with van der Waals surface area (Å²) in [6.07, 6.45) is 9.45. The highest BCUT2D eigenvalue weighted by atomic mass is 16.2. The molecule has 0 saturated carbocycles. The molecule has 2 amide bonds. The van der Waals surface area contributed by atoms with Crippen LogP contribution in [0.2, 0.25) is 0 Å². The van der Waals surface area contributed by atoms with Crippen LogP contribution < -0.4 is 5.32 Å². The minimum atomic E-state index is -0.148. The Balaban J connectivity index is 1.61. The Kier molecular flexibility index (Phi) is 9.33. The van der Waals surface area contributed by atoms with Gasteiger partial charge in [-0.3, -0.25) is 9.99 Å². The van der Waals surface area contributed by atoms with E-state index in [-0.39, 0.29) is 19.1 Å². The zero-order chi connectivity index (χ0) is 24.0. The topological polar surface area (TPSA) is 48.5 Å². The molecule has 0 saturated heterocycles. The van der Waals surface area contributed by atoms with Crippen molar-refractivity contribution in [1.82, 2.24) is 20.3 Å². The lowest BCUT2D eigenvalue weighted by atomic mass is 9.99. The van der Waals surface area contributed by atoms with Gasteiger partial charge in [-0.1, -0.05) is 66.7 Å². The quantitative estimate of drug-likeness (QED) is 0.375. The number of rotatable bonds is 12. The molecule has 2 aromatic carbocycles. The van der Waals surface area contributed by atoms with Crippen LogP contribution >= 0.6 is 0 Å². The molecule has 1 unspecified atom stereocenters. The summed E-state index contributed by atoms with van der Waals surface area (Å²) in [7, 11) is 1.79. The van der Waals surface area contributed by atoms with Gasteiger partial charge in [0, 0.05) is 33.9 Å². The van der Waals surface area contributed by atoms with Crippen LogP contribution in [0.1, 0.15) is 43.7 Å². The third-order valence-corrected chi connectivity index (χ3v) is 5.75. The number of hydrazine groups is 1. The lowest BCUT2D eigenvalue weighted by molar-refractivity contribution is 0.0534. The maximum atomic E-state index is 13.3. The highest BCUT2D eigenvalue weighted by molar-refractivity contribution is 5.74. The maximum absolute atomic E-state index is 13.3. The van der Waals surface area contributed by atoms with E-state index in [9.17, 15) is 4.79 Å². The molecule has 1 N–H and O–H groups in total. The van der Waals surface area contributed by atoms with Crippen molar-refractivity contribution >= 4 is 6.03 Å². The van der Waals surface area contributed by atoms with Crippen LogP contribution in [0.25, 0.3) is 0 Å². The molecule has 0 bridgehead atoms. The van der Waals surface area contributed by atoms with Gasteiger partial charge in [-0.25, -0.2) is 9.80 Å². The number of hydrogen-bond donors (Lipinski definition) is 1. The number of urea groups is 1. The molecule has 0 fully saturated rings. The normalized spacial score (nSPS) is 12.2. The summed E-state index contributed by atoms with van der Waals surface area (Å²) in [5, 5.41) is 6.56. The van der Waals surface area contributed by atoms with Crippen molar-refractivity contribution in [3.63, 3.8) is 0 Å². The number of benzene rings is 2. The molecule has 5 nitrogen and oxygen atoms in total. The van der Waals surface area contributed by atoms with Gasteiger partial charge in [0.2, 0.25) is 0 Å². The smallest absolute Gasteiger partial charge is 0.332 e. The first-order valence-corrected chi connectivity index (χ1v) is 11.7. The number of nitrogens with zero attached hydrogens (tertiary/aromatic N) is 3. The van der Waals surface area contributed by atoms with Crippen molar-refractivity contribution in [2.75, 3.05) is 14.1 Å². The van der Waals surface area contributed by atoms with Crippen molar-refractivity contribution in [2.45, 2.75) is 51.1 Å². The Morgan fingerprint density at radius 2 is 1.52 bits per heavy atom. The standard InChI is InChI=1S/C28H36N4O/c1-31(2)32(23-26-14-7-4-8-15-26)28(33)30-27(19-9-16-24-12-5-3-6-13-24)20-10-17-25-18-11-21-29-22-25/h3-8,11-15,18,21-22,27H,9-10,16-17,19-20,23H2,1-2H3,(H,30,33)/i1D. The third-order valence-electron chi connectivity index (χ3n) is 5.75. The number of pyridine rings is 1. The van der Waals surface area contributed by atoms with E-state index in [0.29, 0.717) is 6.54 Å². The summed E-state index contributed by atoms with van der Waals surface area (Å²) in [5.74, 6) is 0. The van der Waals surface area contributed by atoms with Crippen LogP contribution in [-0.2, 0) is 19.4 Å². The second-order valence-electron chi connectivity index (χ2n) is 8.48. The Morgan fingerprint density at radius 1 is 0.909 bits per heavy atom. The Labute approximate surface area is 199 Å². The molecule has 0 aliphatic carbocycles. The first-order chi connectivity index (χ1) is 16.7. The zero-order valence-electron chi connectivity index (χ0n) is 20.6. The molecule has 0 radical (unpaired) electrons. The molecule has 1 aromatic heterocycles. The van der Waals surface area contributed by atoms with Crippen LogP contribution in [0, 0.1) is 0 Å². The van der Waals surface area contributed by atoms with E-state index in [1.807, 2.05) is 48.7 Å². The summed E-state index contributed by atoms with van der Waals surface area (Å²) >= 11 is 0. The summed E-state index contributed by atoms with van der Waals surface area (Å²) < 4.78 is 7.79. The second-order valence-corrected chi connectivity index (χ2v) is 8.48. The van der Waals surface area contributed by atoms with Crippen LogP contribution in [-0.4, -0.2) is 41.1 Å². The van der Waals surface area contributed by atoms with E-state index in [2.05, 4.69) is 40.6 Å². The monoisotopic (exact) mass is 445 g/mol. The Morgan fingerprint density at radius 3 is 2.12 bits per heavy atom. The molecule has 0 aliphatic rings. The van der Waals surface area contributed by atoms with Gasteiger partial charge < -0.3 is 5.32 Å². The lowest BCUT2D eigenvalue weighted by Crippen LogP contribution is -2.50. The molecule has 174 valence electrons. The fourth-order valence-electron chi connectivity index (χ4n) is 3.94.